The maximum Gasteiger partial charge on any atom is 0.340 e. The van der Waals surface area contributed by atoms with Crippen LogP contribution in [0.25, 0.3) is 0 Å². The van der Waals surface area contributed by atoms with Crippen molar-refractivity contribution in [3.8, 4) is 0 Å². The molecule has 0 spiro atoms. The molecule has 0 aromatic carbocycles. The molecular formula is C10H11F2IN2O2. The van der Waals surface area contributed by atoms with E-state index in [4.69, 9.17) is 10.5 Å². The molecule has 4 nitrogen and oxygen atoms in total. The van der Waals surface area contributed by atoms with Crippen LogP contribution >= 0.6 is 22.6 Å². The lowest BCUT2D eigenvalue weighted by atomic mass is 10.1. The second-order valence-corrected chi connectivity index (χ2v) is 4.12. The smallest absolute Gasteiger partial charge is 0.340 e. The van der Waals surface area contributed by atoms with Crippen LogP contribution in [0.2, 0.25) is 0 Å². The lowest BCUT2D eigenvalue weighted by Crippen LogP contribution is -2.13. The van der Waals surface area contributed by atoms with Crippen LogP contribution in [0.15, 0.2) is 6.07 Å². The molecule has 0 atom stereocenters. The Morgan fingerprint density at radius 2 is 2.29 bits per heavy atom. The van der Waals surface area contributed by atoms with Crippen molar-refractivity contribution in [1.29, 1.82) is 0 Å². The van der Waals surface area contributed by atoms with Gasteiger partial charge in [0.1, 0.15) is 9.39 Å². The minimum Gasteiger partial charge on any atom is -0.462 e. The van der Waals surface area contributed by atoms with Crippen LogP contribution in [-0.2, 0) is 11.3 Å². The van der Waals surface area contributed by atoms with Gasteiger partial charge in [0.25, 0.3) is 6.43 Å². The Hall–Kier alpha value is -0.830. The van der Waals surface area contributed by atoms with Gasteiger partial charge in [0.15, 0.2) is 0 Å². The summed E-state index contributed by atoms with van der Waals surface area (Å²) < 4.78 is 30.5. The third kappa shape index (κ3) is 3.32. The highest BCUT2D eigenvalue weighted by Gasteiger charge is 2.23. The second-order valence-electron chi connectivity index (χ2n) is 3.10. The molecule has 1 aromatic rings. The highest BCUT2D eigenvalue weighted by molar-refractivity contribution is 14.1. The fourth-order valence-electron chi connectivity index (χ4n) is 1.23. The number of aromatic nitrogens is 1. The fourth-order valence-corrected chi connectivity index (χ4v) is 1.86. The van der Waals surface area contributed by atoms with Gasteiger partial charge in [-0.1, -0.05) is 0 Å². The molecule has 0 unspecified atom stereocenters. The summed E-state index contributed by atoms with van der Waals surface area (Å²) in [5, 5.41) is 0. The van der Waals surface area contributed by atoms with Crippen molar-refractivity contribution in [2.24, 2.45) is 5.73 Å². The van der Waals surface area contributed by atoms with Crippen LogP contribution in [0.5, 0.6) is 0 Å². The summed E-state index contributed by atoms with van der Waals surface area (Å²) in [6.45, 7) is 1.84. The van der Waals surface area contributed by atoms with E-state index in [-0.39, 0.29) is 18.7 Å². The molecule has 0 saturated heterocycles. The van der Waals surface area contributed by atoms with Crippen LogP contribution in [0, 0.1) is 3.70 Å². The summed E-state index contributed by atoms with van der Waals surface area (Å²) in [7, 11) is 0. The lowest BCUT2D eigenvalue weighted by Gasteiger charge is -2.10. The van der Waals surface area contributed by atoms with Gasteiger partial charge in [0.2, 0.25) is 0 Å². The minimum atomic E-state index is -2.82. The molecule has 0 aliphatic carbocycles. The van der Waals surface area contributed by atoms with Crippen LogP contribution in [0.4, 0.5) is 8.78 Å². The average Bonchev–Trinajstić information content (AvgIpc) is 2.28. The van der Waals surface area contributed by atoms with Crippen LogP contribution < -0.4 is 5.73 Å². The summed E-state index contributed by atoms with van der Waals surface area (Å²) in [6.07, 6.45) is -2.82. The van der Waals surface area contributed by atoms with E-state index in [9.17, 15) is 13.6 Å². The molecule has 1 aromatic heterocycles. The molecule has 0 fully saturated rings. The summed E-state index contributed by atoms with van der Waals surface area (Å²) in [6, 6.07) is 1.31. The van der Waals surface area contributed by atoms with Gasteiger partial charge in [-0.3, -0.25) is 0 Å². The molecule has 1 rings (SSSR count). The van der Waals surface area contributed by atoms with Crippen LogP contribution in [0.1, 0.15) is 35.0 Å². The number of hydrogen-bond donors (Lipinski definition) is 1. The lowest BCUT2D eigenvalue weighted by molar-refractivity contribution is 0.0513. The standard InChI is InChI=1S/C10H11F2IN2O2/c1-2-17-10(16)6-3-5(4-14)9(13)15-7(6)8(11)12/h3,8H,2,4,14H2,1H3. The Morgan fingerprint density at radius 1 is 1.65 bits per heavy atom. The second kappa shape index (κ2) is 6.20. The molecule has 0 bridgehead atoms. The largest absolute Gasteiger partial charge is 0.462 e. The molecule has 0 amide bonds. The van der Waals surface area contributed by atoms with Gasteiger partial charge in [0, 0.05) is 6.54 Å². The van der Waals surface area contributed by atoms with Gasteiger partial charge >= 0.3 is 5.97 Å². The number of rotatable bonds is 4. The minimum absolute atomic E-state index is 0.117. The van der Waals surface area contributed by atoms with E-state index in [1.54, 1.807) is 29.5 Å². The molecule has 7 heteroatoms. The van der Waals surface area contributed by atoms with E-state index in [0.717, 1.165) is 0 Å². The van der Waals surface area contributed by atoms with Gasteiger partial charge in [-0.25, -0.2) is 18.6 Å². The number of pyridine rings is 1. The molecule has 0 saturated carbocycles. The highest BCUT2D eigenvalue weighted by atomic mass is 127. The predicted molar refractivity (Wildman–Crippen MR) is 65.8 cm³/mol. The fraction of sp³-hybridized carbons (Fsp3) is 0.400. The third-order valence-corrected chi connectivity index (χ3v) is 2.93. The molecule has 0 aliphatic rings. The first kappa shape index (κ1) is 14.2. The van der Waals surface area contributed by atoms with Gasteiger partial charge in [-0.2, -0.15) is 0 Å². The molecule has 1 heterocycles. The number of ether oxygens (including phenoxy) is 1. The van der Waals surface area contributed by atoms with E-state index >= 15 is 0 Å². The molecule has 2 N–H and O–H groups in total. The zero-order valence-electron chi connectivity index (χ0n) is 9.04. The van der Waals surface area contributed by atoms with Crippen molar-refractivity contribution in [2.75, 3.05) is 6.61 Å². The van der Waals surface area contributed by atoms with Crippen molar-refractivity contribution in [1.82, 2.24) is 4.98 Å². The zero-order valence-corrected chi connectivity index (χ0v) is 11.2. The van der Waals surface area contributed by atoms with Crippen molar-refractivity contribution in [2.45, 2.75) is 19.9 Å². The third-order valence-electron chi connectivity index (χ3n) is 2.00. The van der Waals surface area contributed by atoms with E-state index in [2.05, 4.69) is 4.98 Å². The van der Waals surface area contributed by atoms with Crippen molar-refractivity contribution in [3.63, 3.8) is 0 Å². The first-order valence-corrected chi connectivity index (χ1v) is 5.93. The number of esters is 1. The zero-order chi connectivity index (χ0) is 13.0. The Bertz CT molecular complexity index is 427. The number of nitrogens with two attached hydrogens (primary N) is 1. The number of carbonyl (C=O) groups excluding carboxylic acids is 1. The van der Waals surface area contributed by atoms with Gasteiger partial charge in [-0.05, 0) is 41.1 Å². The first-order valence-electron chi connectivity index (χ1n) is 4.85. The maximum absolute atomic E-state index is 12.7. The van der Waals surface area contributed by atoms with Gasteiger partial charge < -0.3 is 10.5 Å². The van der Waals surface area contributed by atoms with Crippen molar-refractivity contribution < 1.29 is 18.3 Å². The molecule has 0 aliphatic heterocycles. The molecule has 17 heavy (non-hydrogen) atoms. The summed E-state index contributed by atoms with van der Waals surface area (Å²) in [5.41, 5.74) is 5.19. The topological polar surface area (TPSA) is 65.2 Å². The normalized spacial score (nSPS) is 10.7. The summed E-state index contributed by atoms with van der Waals surface area (Å²) in [5.74, 6) is -0.804. The van der Waals surface area contributed by atoms with Crippen molar-refractivity contribution in [3.05, 3.63) is 26.6 Å². The number of hydrogen-bond acceptors (Lipinski definition) is 4. The van der Waals surface area contributed by atoms with Gasteiger partial charge in [0.05, 0.1) is 12.2 Å². The SMILES string of the molecule is CCOC(=O)c1cc(CN)c(I)nc1C(F)F. The van der Waals surface area contributed by atoms with Gasteiger partial charge in [-0.15, -0.1) is 0 Å². The van der Waals surface area contributed by atoms with Crippen molar-refractivity contribution >= 4 is 28.6 Å². The molecule has 0 radical (unpaired) electrons. The number of nitrogens with zero attached hydrogens (tertiary/aromatic N) is 1. The summed E-state index contributed by atoms with van der Waals surface area (Å²) in [4.78, 5) is 15.2. The summed E-state index contributed by atoms with van der Waals surface area (Å²) >= 11 is 1.80. The quantitative estimate of drug-likeness (QED) is 0.511. The van der Waals surface area contributed by atoms with Crippen LogP contribution in [0.3, 0.4) is 0 Å². The molecular weight excluding hydrogens is 345 g/mol. The Kier molecular flexibility index (Phi) is 5.19. The Balaban J connectivity index is 3.28. The highest BCUT2D eigenvalue weighted by Crippen LogP contribution is 2.24. The molecule has 94 valence electrons. The number of carbonyl (C=O) groups is 1. The average molecular weight is 356 g/mol. The predicted octanol–water partition coefficient (Wildman–Crippen LogP) is 2.26. The van der Waals surface area contributed by atoms with Crippen LogP contribution in [-0.4, -0.2) is 17.6 Å². The maximum atomic E-state index is 12.7. The first-order chi connectivity index (χ1) is 8.01. The van der Waals surface area contributed by atoms with E-state index in [1.807, 2.05) is 0 Å². The monoisotopic (exact) mass is 356 g/mol. The number of halogens is 3. The van der Waals surface area contributed by atoms with E-state index < -0.39 is 18.1 Å². The Labute approximate surface area is 111 Å². The number of alkyl halides is 2. The van der Waals surface area contributed by atoms with E-state index in [1.165, 1.54) is 6.07 Å². The Morgan fingerprint density at radius 3 is 2.76 bits per heavy atom. The van der Waals surface area contributed by atoms with E-state index in [0.29, 0.717) is 9.26 Å².